The van der Waals surface area contributed by atoms with Gasteiger partial charge in [-0.3, -0.25) is 14.2 Å². The van der Waals surface area contributed by atoms with Crippen LogP contribution >= 0.6 is 11.3 Å². The van der Waals surface area contributed by atoms with Crippen molar-refractivity contribution in [3.63, 3.8) is 0 Å². The summed E-state index contributed by atoms with van der Waals surface area (Å²) in [4.78, 5) is 48.1. The van der Waals surface area contributed by atoms with Crippen LogP contribution in [-0.2, 0) is 9.53 Å². The zero-order chi connectivity index (χ0) is 35.0. The van der Waals surface area contributed by atoms with Gasteiger partial charge in [-0.15, -0.1) is 0 Å². The number of likely N-dealkylation sites (N-methyl/N-ethyl adjacent to an activating group) is 1. The van der Waals surface area contributed by atoms with Crippen molar-refractivity contribution in [1.29, 1.82) is 0 Å². The molecule has 3 aromatic carbocycles. The van der Waals surface area contributed by atoms with E-state index in [9.17, 15) is 14.4 Å². The fraction of sp³-hybridized carbons (Fsp3) is 0.282. The van der Waals surface area contributed by atoms with Gasteiger partial charge in [0.05, 0.1) is 34.6 Å². The summed E-state index contributed by atoms with van der Waals surface area (Å²) in [5, 5.41) is 1.85. The normalized spacial score (nSPS) is 14.6. The van der Waals surface area contributed by atoms with Crippen LogP contribution in [-0.4, -0.2) is 47.6 Å². The van der Waals surface area contributed by atoms with Crippen LogP contribution in [0.25, 0.3) is 28.2 Å². The van der Waals surface area contributed by atoms with Crippen molar-refractivity contribution in [2.24, 2.45) is 4.99 Å². The largest absolute Gasteiger partial charge is 0.496 e. The smallest absolute Gasteiger partial charge is 0.338 e. The number of allylic oxidation sites excluding steroid dienone is 1. The molecule has 252 valence electrons. The highest BCUT2D eigenvalue weighted by Gasteiger charge is 2.36. The van der Waals surface area contributed by atoms with E-state index in [4.69, 9.17) is 18.9 Å². The molecule has 0 spiro atoms. The number of rotatable bonds is 9. The molecule has 1 aliphatic rings. The Kier molecular flexibility index (Phi) is 9.43. The minimum absolute atomic E-state index is 0.171. The van der Waals surface area contributed by atoms with Gasteiger partial charge in [-0.1, -0.05) is 47.7 Å². The van der Waals surface area contributed by atoms with Crippen LogP contribution in [0, 0.1) is 6.92 Å². The second-order valence-corrected chi connectivity index (χ2v) is 13.2. The number of hydrogen-bond acceptors (Lipinski definition) is 8. The first-order valence-corrected chi connectivity index (χ1v) is 17.2. The van der Waals surface area contributed by atoms with Crippen LogP contribution in [0.15, 0.2) is 92.2 Å². The molecule has 9 nitrogen and oxygen atoms in total. The first-order valence-electron chi connectivity index (χ1n) is 16.4. The van der Waals surface area contributed by atoms with E-state index in [-0.39, 0.29) is 23.5 Å². The standard InChI is InChI=1S/C39H39N3O6S/c1-8-41(9-2)37(44)33-24(6)40-39-42(35(33)34-29-13-11-10-12-25(29)15-18-31(34)46-7)36(43)32(49-39)21-27-16-19-30(48-27)28-17-14-26(20-23(28)5)38(45)47-22(3)4/h10-22,35H,8-9H2,1-7H3/b32-21-/t35-/m1/s1. The van der Waals surface area contributed by atoms with Crippen LogP contribution in [0.3, 0.4) is 0 Å². The summed E-state index contributed by atoms with van der Waals surface area (Å²) in [6, 6.07) is 20.0. The van der Waals surface area contributed by atoms with Crippen LogP contribution in [0.4, 0.5) is 0 Å². The summed E-state index contributed by atoms with van der Waals surface area (Å²) in [5.74, 6) is 1.11. The maximum atomic E-state index is 14.4. The molecule has 2 aromatic heterocycles. The van der Waals surface area contributed by atoms with E-state index < -0.39 is 6.04 Å². The molecule has 0 aliphatic carbocycles. The van der Waals surface area contributed by atoms with Gasteiger partial charge in [-0.25, -0.2) is 9.79 Å². The van der Waals surface area contributed by atoms with E-state index in [1.807, 2.05) is 90.1 Å². The minimum atomic E-state index is -0.775. The van der Waals surface area contributed by atoms with E-state index in [2.05, 4.69) is 0 Å². The van der Waals surface area contributed by atoms with Gasteiger partial charge in [-0.05, 0) is 88.2 Å². The zero-order valence-corrected chi connectivity index (χ0v) is 29.5. The van der Waals surface area contributed by atoms with Crippen molar-refractivity contribution in [3.8, 4) is 17.1 Å². The van der Waals surface area contributed by atoms with Gasteiger partial charge in [0.2, 0.25) is 0 Å². The number of hydrogen-bond donors (Lipinski definition) is 0. The summed E-state index contributed by atoms with van der Waals surface area (Å²) in [6.07, 6.45) is 1.49. The minimum Gasteiger partial charge on any atom is -0.496 e. The van der Waals surface area contributed by atoms with Gasteiger partial charge in [0.15, 0.2) is 4.80 Å². The van der Waals surface area contributed by atoms with E-state index in [1.54, 1.807) is 40.9 Å². The Bertz CT molecular complexity index is 2300. The maximum Gasteiger partial charge on any atom is 0.338 e. The van der Waals surface area contributed by atoms with Crippen LogP contribution in [0.2, 0.25) is 0 Å². The predicted octanol–water partition coefficient (Wildman–Crippen LogP) is 6.40. The number of thiazole rings is 1. The molecular weight excluding hydrogens is 639 g/mol. The molecule has 0 saturated heterocycles. The monoisotopic (exact) mass is 677 g/mol. The third-order valence-corrected chi connectivity index (χ3v) is 9.68. The first kappa shape index (κ1) is 33.7. The van der Waals surface area contributed by atoms with E-state index >= 15 is 0 Å². The Labute approximate surface area is 288 Å². The lowest BCUT2D eigenvalue weighted by Gasteiger charge is -2.30. The molecule has 3 heterocycles. The fourth-order valence-corrected chi connectivity index (χ4v) is 7.37. The molecule has 0 N–H and O–H groups in total. The number of benzene rings is 3. The highest BCUT2D eigenvalue weighted by Crippen LogP contribution is 2.40. The number of fused-ring (bicyclic) bond motifs is 2. The van der Waals surface area contributed by atoms with Crippen molar-refractivity contribution in [2.45, 2.75) is 53.7 Å². The molecule has 0 bridgehead atoms. The average Bonchev–Trinajstić information content (AvgIpc) is 3.67. The number of esters is 1. The van der Waals surface area contributed by atoms with Gasteiger partial charge in [0.1, 0.15) is 23.3 Å². The van der Waals surface area contributed by atoms with E-state index in [0.29, 0.717) is 56.5 Å². The summed E-state index contributed by atoms with van der Waals surface area (Å²) in [7, 11) is 1.60. The molecule has 0 fully saturated rings. The topological polar surface area (TPSA) is 103 Å². The molecule has 1 amide bonds. The Hall–Kier alpha value is -5.22. The fourth-order valence-electron chi connectivity index (χ4n) is 6.34. The molecule has 5 aromatic rings. The number of carbonyl (C=O) groups is 2. The van der Waals surface area contributed by atoms with E-state index in [0.717, 1.165) is 27.5 Å². The Morgan fingerprint density at radius 3 is 2.49 bits per heavy atom. The van der Waals surface area contributed by atoms with Gasteiger partial charge in [0.25, 0.3) is 11.5 Å². The molecule has 0 unspecified atom stereocenters. The van der Waals surface area contributed by atoms with Crippen molar-refractivity contribution in [2.75, 3.05) is 20.2 Å². The Morgan fingerprint density at radius 1 is 1.04 bits per heavy atom. The lowest BCUT2D eigenvalue weighted by atomic mass is 9.90. The lowest BCUT2D eigenvalue weighted by Crippen LogP contribution is -2.43. The van der Waals surface area contributed by atoms with Crippen molar-refractivity contribution < 1.29 is 23.5 Å². The molecule has 0 radical (unpaired) electrons. The summed E-state index contributed by atoms with van der Waals surface area (Å²) < 4.78 is 19.5. The SMILES string of the molecule is CCN(CC)C(=O)C1=C(C)N=c2s/c(=C\c3ccc(-c4ccc(C(=O)OC(C)C)cc4C)o3)c(=O)n2[C@H]1c1c(OC)ccc2ccccc12. The van der Waals surface area contributed by atoms with Gasteiger partial charge >= 0.3 is 5.97 Å². The van der Waals surface area contributed by atoms with Gasteiger partial charge in [-0.2, -0.15) is 0 Å². The van der Waals surface area contributed by atoms with E-state index in [1.165, 1.54) is 11.3 Å². The number of aryl methyl sites for hydroxylation is 1. The van der Waals surface area contributed by atoms with Crippen LogP contribution < -0.4 is 19.6 Å². The summed E-state index contributed by atoms with van der Waals surface area (Å²) in [5.41, 5.74) is 3.57. The number of amides is 1. The zero-order valence-electron chi connectivity index (χ0n) is 28.7. The van der Waals surface area contributed by atoms with Gasteiger partial charge < -0.3 is 18.8 Å². The molecule has 6 rings (SSSR count). The number of carbonyl (C=O) groups excluding carboxylic acids is 2. The summed E-state index contributed by atoms with van der Waals surface area (Å²) >= 11 is 1.25. The lowest BCUT2D eigenvalue weighted by molar-refractivity contribution is -0.127. The number of nitrogens with zero attached hydrogens (tertiary/aromatic N) is 3. The molecule has 1 atom stereocenters. The number of ether oxygens (including phenoxy) is 2. The Morgan fingerprint density at radius 2 is 1.80 bits per heavy atom. The molecule has 10 heteroatoms. The molecule has 0 saturated carbocycles. The van der Waals surface area contributed by atoms with Crippen LogP contribution in [0.1, 0.15) is 67.9 Å². The third-order valence-electron chi connectivity index (χ3n) is 8.70. The van der Waals surface area contributed by atoms with Gasteiger partial charge in [0, 0.05) is 30.3 Å². The van der Waals surface area contributed by atoms with Crippen molar-refractivity contribution in [3.05, 3.63) is 120 Å². The highest BCUT2D eigenvalue weighted by atomic mass is 32.1. The number of aromatic nitrogens is 1. The second kappa shape index (κ2) is 13.7. The molecule has 1 aliphatic heterocycles. The summed E-state index contributed by atoms with van der Waals surface area (Å²) in [6.45, 7) is 12.3. The maximum absolute atomic E-state index is 14.4. The van der Waals surface area contributed by atoms with Crippen molar-refractivity contribution in [1.82, 2.24) is 9.47 Å². The molecular formula is C39H39N3O6S. The highest BCUT2D eigenvalue weighted by molar-refractivity contribution is 7.07. The average molecular weight is 678 g/mol. The third kappa shape index (κ3) is 6.24. The first-order chi connectivity index (χ1) is 23.6. The second-order valence-electron chi connectivity index (χ2n) is 12.1. The molecule has 49 heavy (non-hydrogen) atoms. The predicted molar refractivity (Wildman–Crippen MR) is 192 cm³/mol. The number of furan rings is 1. The van der Waals surface area contributed by atoms with Crippen molar-refractivity contribution >= 4 is 40.1 Å². The number of methoxy groups -OCH3 is 1. The quantitative estimate of drug-likeness (QED) is 0.167. The Balaban J connectivity index is 1.49. The van der Waals surface area contributed by atoms with Crippen LogP contribution in [0.5, 0.6) is 5.75 Å².